The van der Waals surface area contributed by atoms with Gasteiger partial charge >= 0.3 is 0 Å². The molecule has 0 atom stereocenters. The summed E-state index contributed by atoms with van der Waals surface area (Å²) in [5.74, 6) is 0.645. The van der Waals surface area contributed by atoms with Gasteiger partial charge in [0.1, 0.15) is 5.75 Å². The smallest absolute Gasteiger partial charge is 0.241 e. The third-order valence-corrected chi connectivity index (χ3v) is 5.28. The van der Waals surface area contributed by atoms with Crippen LogP contribution in [0.4, 0.5) is 0 Å². The molecule has 0 saturated carbocycles. The number of methoxy groups -OCH3 is 1. The molecule has 2 aromatic carbocycles. The molecule has 22 heavy (non-hydrogen) atoms. The second-order valence-electron chi connectivity index (χ2n) is 5.04. The lowest BCUT2D eigenvalue weighted by Crippen LogP contribution is -2.24. The SMILES string of the molecule is COc1cc(C)c(S(=O)(=O)NCc2ccc(Cl)cc2)c(C)c1. The van der Waals surface area contributed by atoms with Crippen LogP contribution in [0, 0.1) is 13.8 Å². The quantitative estimate of drug-likeness (QED) is 0.907. The number of sulfonamides is 1. The molecule has 0 spiro atoms. The summed E-state index contributed by atoms with van der Waals surface area (Å²) in [6.45, 7) is 3.73. The van der Waals surface area contributed by atoms with E-state index < -0.39 is 10.0 Å². The normalized spacial score (nSPS) is 11.5. The zero-order valence-electron chi connectivity index (χ0n) is 12.7. The van der Waals surface area contributed by atoms with Crippen LogP contribution in [0.25, 0.3) is 0 Å². The second-order valence-corrected chi connectivity index (χ2v) is 7.18. The monoisotopic (exact) mass is 339 g/mol. The zero-order chi connectivity index (χ0) is 16.3. The van der Waals surface area contributed by atoms with Crippen molar-refractivity contribution in [1.29, 1.82) is 0 Å². The van der Waals surface area contributed by atoms with Crippen LogP contribution in [0.5, 0.6) is 5.75 Å². The van der Waals surface area contributed by atoms with Crippen LogP contribution in [0.3, 0.4) is 0 Å². The lowest BCUT2D eigenvalue weighted by molar-refractivity contribution is 0.413. The van der Waals surface area contributed by atoms with Crippen molar-refractivity contribution in [2.75, 3.05) is 7.11 Å². The van der Waals surface area contributed by atoms with E-state index in [-0.39, 0.29) is 6.54 Å². The lowest BCUT2D eigenvalue weighted by atomic mass is 10.1. The summed E-state index contributed by atoms with van der Waals surface area (Å²) in [6.07, 6.45) is 0. The molecule has 0 aliphatic heterocycles. The Morgan fingerprint density at radius 2 is 1.64 bits per heavy atom. The molecule has 0 fully saturated rings. The van der Waals surface area contributed by atoms with Crippen molar-refractivity contribution in [2.45, 2.75) is 25.3 Å². The van der Waals surface area contributed by atoms with Gasteiger partial charge in [-0.15, -0.1) is 0 Å². The molecule has 0 aliphatic rings. The largest absolute Gasteiger partial charge is 0.497 e. The van der Waals surface area contributed by atoms with Gasteiger partial charge in [-0.3, -0.25) is 0 Å². The molecule has 0 radical (unpaired) electrons. The number of halogens is 1. The summed E-state index contributed by atoms with van der Waals surface area (Å²) in [6, 6.07) is 10.5. The third-order valence-electron chi connectivity index (χ3n) is 3.32. The van der Waals surface area contributed by atoms with E-state index in [0.717, 1.165) is 5.56 Å². The number of hydrogen-bond donors (Lipinski definition) is 1. The predicted molar refractivity (Wildman–Crippen MR) is 87.9 cm³/mol. The standard InChI is InChI=1S/C16H18ClNO3S/c1-11-8-15(21-3)9-12(2)16(11)22(19,20)18-10-13-4-6-14(17)7-5-13/h4-9,18H,10H2,1-3H3. The van der Waals surface area contributed by atoms with E-state index >= 15 is 0 Å². The van der Waals surface area contributed by atoms with Crippen LogP contribution in [0.1, 0.15) is 16.7 Å². The molecule has 0 aromatic heterocycles. The first-order valence-corrected chi connectivity index (χ1v) is 8.59. The molecule has 0 aliphatic carbocycles. The molecule has 6 heteroatoms. The maximum Gasteiger partial charge on any atom is 0.241 e. The Kier molecular flexibility index (Phi) is 5.11. The summed E-state index contributed by atoms with van der Waals surface area (Å²) in [5.41, 5.74) is 2.15. The summed E-state index contributed by atoms with van der Waals surface area (Å²) >= 11 is 5.82. The van der Waals surface area contributed by atoms with Crippen molar-refractivity contribution in [2.24, 2.45) is 0 Å². The van der Waals surface area contributed by atoms with Gasteiger partial charge in [0.05, 0.1) is 12.0 Å². The summed E-state index contributed by atoms with van der Waals surface area (Å²) in [5, 5.41) is 0.619. The Bertz CT molecular complexity index is 747. The highest BCUT2D eigenvalue weighted by atomic mass is 35.5. The van der Waals surface area contributed by atoms with E-state index in [1.165, 1.54) is 0 Å². The maximum atomic E-state index is 12.5. The number of benzene rings is 2. The minimum Gasteiger partial charge on any atom is -0.497 e. The van der Waals surface area contributed by atoms with Crippen LogP contribution in [-0.4, -0.2) is 15.5 Å². The van der Waals surface area contributed by atoms with Crippen LogP contribution >= 0.6 is 11.6 Å². The van der Waals surface area contributed by atoms with Crippen LogP contribution in [-0.2, 0) is 16.6 Å². The average Bonchev–Trinajstić information content (AvgIpc) is 2.45. The van der Waals surface area contributed by atoms with Gasteiger partial charge in [-0.25, -0.2) is 13.1 Å². The third kappa shape index (κ3) is 3.80. The molecule has 2 rings (SSSR count). The molecular formula is C16H18ClNO3S. The molecule has 1 N–H and O–H groups in total. The van der Waals surface area contributed by atoms with E-state index in [4.69, 9.17) is 16.3 Å². The van der Waals surface area contributed by atoms with Crippen molar-refractivity contribution in [3.63, 3.8) is 0 Å². The summed E-state index contributed by atoms with van der Waals surface area (Å²) in [4.78, 5) is 0.294. The molecule has 0 bridgehead atoms. The van der Waals surface area contributed by atoms with Crippen LogP contribution in [0.2, 0.25) is 5.02 Å². The van der Waals surface area contributed by atoms with Crippen molar-refractivity contribution in [3.05, 3.63) is 58.1 Å². The van der Waals surface area contributed by atoms with E-state index in [1.807, 2.05) is 0 Å². The van der Waals surface area contributed by atoms with Gasteiger partial charge in [-0.05, 0) is 54.8 Å². The highest BCUT2D eigenvalue weighted by Crippen LogP contribution is 2.25. The first kappa shape index (κ1) is 16.8. The topological polar surface area (TPSA) is 55.4 Å². The second kappa shape index (κ2) is 6.69. The Hall–Kier alpha value is -1.56. The van der Waals surface area contributed by atoms with Crippen LogP contribution < -0.4 is 9.46 Å². The minimum absolute atomic E-state index is 0.213. The van der Waals surface area contributed by atoms with Gasteiger partial charge in [0.15, 0.2) is 0 Å². The van der Waals surface area contributed by atoms with Crippen LogP contribution in [0.15, 0.2) is 41.3 Å². The highest BCUT2D eigenvalue weighted by Gasteiger charge is 2.20. The molecule has 0 unspecified atom stereocenters. The van der Waals surface area contributed by atoms with Gasteiger partial charge in [-0.1, -0.05) is 23.7 Å². The fourth-order valence-electron chi connectivity index (χ4n) is 2.31. The zero-order valence-corrected chi connectivity index (χ0v) is 14.3. The Balaban J connectivity index is 2.25. The molecule has 0 amide bonds. The number of rotatable bonds is 5. The Morgan fingerprint density at radius 3 is 2.14 bits per heavy atom. The molecule has 0 heterocycles. The van der Waals surface area contributed by atoms with Gasteiger partial charge < -0.3 is 4.74 Å². The molecule has 0 saturated heterocycles. The van der Waals surface area contributed by atoms with E-state index in [0.29, 0.717) is 26.8 Å². The lowest BCUT2D eigenvalue weighted by Gasteiger charge is -2.13. The average molecular weight is 340 g/mol. The van der Waals surface area contributed by atoms with E-state index in [9.17, 15) is 8.42 Å². The van der Waals surface area contributed by atoms with Gasteiger partial charge in [-0.2, -0.15) is 0 Å². The Morgan fingerprint density at radius 1 is 1.09 bits per heavy atom. The molecule has 118 valence electrons. The fraction of sp³-hybridized carbons (Fsp3) is 0.250. The molecular weight excluding hydrogens is 322 g/mol. The maximum absolute atomic E-state index is 12.5. The van der Waals surface area contributed by atoms with Crippen molar-refractivity contribution in [3.8, 4) is 5.75 Å². The summed E-state index contributed by atoms with van der Waals surface area (Å²) in [7, 11) is -2.04. The number of ether oxygens (including phenoxy) is 1. The molecule has 4 nitrogen and oxygen atoms in total. The fourth-order valence-corrected chi connectivity index (χ4v) is 3.90. The predicted octanol–water partition coefficient (Wildman–Crippen LogP) is 3.44. The van der Waals surface area contributed by atoms with Crippen molar-refractivity contribution < 1.29 is 13.2 Å². The summed E-state index contributed by atoms with van der Waals surface area (Å²) < 4.78 is 32.8. The van der Waals surface area contributed by atoms with Gasteiger partial charge in [0.25, 0.3) is 0 Å². The van der Waals surface area contributed by atoms with Crippen molar-refractivity contribution >= 4 is 21.6 Å². The number of nitrogens with one attached hydrogen (secondary N) is 1. The first-order chi connectivity index (χ1) is 10.3. The van der Waals surface area contributed by atoms with E-state index in [1.54, 1.807) is 57.4 Å². The minimum atomic E-state index is -3.59. The Labute approximate surface area is 136 Å². The number of aryl methyl sites for hydroxylation is 2. The van der Waals surface area contributed by atoms with Gasteiger partial charge in [0, 0.05) is 11.6 Å². The van der Waals surface area contributed by atoms with Gasteiger partial charge in [0.2, 0.25) is 10.0 Å². The number of hydrogen-bond acceptors (Lipinski definition) is 3. The first-order valence-electron chi connectivity index (χ1n) is 6.73. The molecule has 2 aromatic rings. The van der Waals surface area contributed by atoms with E-state index in [2.05, 4.69) is 4.72 Å². The highest BCUT2D eigenvalue weighted by molar-refractivity contribution is 7.89. The van der Waals surface area contributed by atoms with Crippen molar-refractivity contribution in [1.82, 2.24) is 4.72 Å².